The molecule has 1 aliphatic carbocycles. The zero-order valence-corrected chi connectivity index (χ0v) is 10.6. The van der Waals surface area contributed by atoms with E-state index in [1.54, 1.807) is 12.1 Å². The normalized spacial score (nSPS) is 22.3. The van der Waals surface area contributed by atoms with Crippen molar-refractivity contribution in [1.29, 1.82) is 0 Å². The molecule has 1 fully saturated rings. The number of hydrogen-bond acceptors (Lipinski definition) is 3. The number of nitrogens with zero attached hydrogens (tertiary/aromatic N) is 1. The van der Waals surface area contributed by atoms with Crippen LogP contribution in [0.2, 0.25) is 0 Å². The topological polar surface area (TPSA) is 54.5 Å². The number of halogens is 1. The van der Waals surface area contributed by atoms with Crippen LogP contribution < -0.4 is 0 Å². The molecule has 1 aromatic carbocycles. The Kier molecular flexibility index (Phi) is 1.98. The highest BCUT2D eigenvalue weighted by molar-refractivity contribution is 9.10. The maximum Gasteiger partial charge on any atom is 0.269 e. The van der Waals surface area contributed by atoms with Gasteiger partial charge in [0.1, 0.15) is 4.90 Å². The Labute approximate surface area is 101 Å². The summed E-state index contributed by atoms with van der Waals surface area (Å²) in [4.78, 5) is 12.1. The van der Waals surface area contributed by atoms with E-state index < -0.39 is 10.0 Å². The largest absolute Gasteiger partial charge is 0.269 e. The van der Waals surface area contributed by atoms with Crippen LogP contribution in [0.25, 0.3) is 0 Å². The monoisotopic (exact) mass is 301 g/mol. The van der Waals surface area contributed by atoms with Crippen molar-refractivity contribution in [1.82, 2.24) is 4.31 Å². The molecule has 2 aliphatic rings. The minimum atomic E-state index is -3.59. The van der Waals surface area contributed by atoms with Crippen LogP contribution in [0.1, 0.15) is 23.2 Å². The van der Waals surface area contributed by atoms with Crippen LogP contribution >= 0.6 is 15.9 Å². The number of rotatable bonds is 1. The molecule has 0 radical (unpaired) electrons. The van der Waals surface area contributed by atoms with Gasteiger partial charge in [-0.1, -0.05) is 15.9 Å². The Balaban J connectivity index is 2.24. The molecule has 1 amide bonds. The molecule has 0 N–H and O–H groups in total. The van der Waals surface area contributed by atoms with Crippen molar-refractivity contribution in [3.05, 3.63) is 28.2 Å². The molecular weight excluding hydrogens is 294 g/mol. The molecule has 6 heteroatoms. The Morgan fingerprint density at radius 3 is 2.62 bits per heavy atom. The first kappa shape index (κ1) is 10.3. The van der Waals surface area contributed by atoms with Gasteiger partial charge in [-0.3, -0.25) is 4.79 Å². The molecular formula is C10H8BrNO3S. The van der Waals surface area contributed by atoms with E-state index in [4.69, 9.17) is 0 Å². The van der Waals surface area contributed by atoms with Crippen molar-refractivity contribution in [3.63, 3.8) is 0 Å². The smallest absolute Gasteiger partial charge is 0.268 e. The standard InChI is InChI=1S/C10H8BrNO3S/c11-6-1-4-9-8(5-6)10(13)12(7-2-3-7)16(9,14)15/h1,4-5,7H,2-3H2. The van der Waals surface area contributed by atoms with Crippen molar-refractivity contribution in [2.45, 2.75) is 23.8 Å². The predicted molar refractivity (Wildman–Crippen MR) is 60.5 cm³/mol. The second-order valence-corrected chi connectivity index (χ2v) is 6.68. The molecule has 0 unspecified atom stereocenters. The van der Waals surface area contributed by atoms with Gasteiger partial charge in [-0.05, 0) is 31.0 Å². The molecule has 1 saturated carbocycles. The van der Waals surface area contributed by atoms with E-state index in [0.29, 0.717) is 4.47 Å². The fourth-order valence-electron chi connectivity index (χ4n) is 1.90. The highest BCUT2D eigenvalue weighted by Crippen LogP contribution is 2.39. The third-order valence-electron chi connectivity index (χ3n) is 2.79. The molecule has 1 aliphatic heterocycles. The number of carbonyl (C=O) groups excluding carboxylic acids is 1. The highest BCUT2D eigenvalue weighted by Gasteiger charge is 2.48. The molecule has 0 atom stereocenters. The van der Waals surface area contributed by atoms with Gasteiger partial charge in [-0.15, -0.1) is 0 Å². The molecule has 0 spiro atoms. The minimum Gasteiger partial charge on any atom is -0.268 e. The van der Waals surface area contributed by atoms with Crippen molar-refractivity contribution < 1.29 is 13.2 Å². The summed E-state index contributed by atoms with van der Waals surface area (Å²) in [6, 6.07) is 4.57. The third kappa shape index (κ3) is 1.26. The van der Waals surface area contributed by atoms with Crippen LogP contribution in [0.15, 0.2) is 27.6 Å². The molecule has 0 aromatic heterocycles. The lowest BCUT2D eigenvalue weighted by Crippen LogP contribution is -2.31. The van der Waals surface area contributed by atoms with E-state index in [-0.39, 0.29) is 22.4 Å². The number of carbonyl (C=O) groups is 1. The van der Waals surface area contributed by atoms with Crippen molar-refractivity contribution in [2.24, 2.45) is 0 Å². The Hall–Kier alpha value is -0.880. The first-order valence-corrected chi connectivity index (χ1v) is 7.13. The van der Waals surface area contributed by atoms with Crippen LogP contribution in [0.5, 0.6) is 0 Å². The third-order valence-corrected chi connectivity index (χ3v) is 5.17. The second kappa shape index (κ2) is 3.07. The Morgan fingerprint density at radius 2 is 2.00 bits per heavy atom. The molecule has 1 heterocycles. The summed E-state index contributed by atoms with van der Waals surface area (Å²) in [7, 11) is -3.59. The van der Waals surface area contributed by atoms with Crippen molar-refractivity contribution >= 4 is 31.9 Å². The van der Waals surface area contributed by atoms with Crippen LogP contribution in [-0.4, -0.2) is 24.7 Å². The number of hydrogen-bond donors (Lipinski definition) is 0. The van der Waals surface area contributed by atoms with Gasteiger partial charge < -0.3 is 0 Å². The average molecular weight is 302 g/mol. The van der Waals surface area contributed by atoms with E-state index in [0.717, 1.165) is 17.1 Å². The lowest BCUT2D eigenvalue weighted by atomic mass is 10.2. The van der Waals surface area contributed by atoms with Crippen LogP contribution in [0.3, 0.4) is 0 Å². The van der Waals surface area contributed by atoms with Gasteiger partial charge >= 0.3 is 0 Å². The molecule has 0 bridgehead atoms. The number of amides is 1. The Bertz CT molecular complexity index is 592. The maximum atomic E-state index is 12.1. The first-order valence-electron chi connectivity index (χ1n) is 4.90. The van der Waals surface area contributed by atoms with E-state index in [2.05, 4.69) is 15.9 Å². The quantitative estimate of drug-likeness (QED) is 0.794. The summed E-state index contributed by atoms with van der Waals surface area (Å²) < 4.78 is 25.9. The van der Waals surface area contributed by atoms with Crippen molar-refractivity contribution in [3.8, 4) is 0 Å². The summed E-state index contributed by atoms with van der Waals surface area (Å²) >= 11 is 3.24. The predicted octanol–water partition coefficient (Wildman–Crippen LogP) is 1.76. The zero-order chi connectivity index (χ0) is 11.5. The average Bonchev–Trinajstić information content (AvgIpc) is 2.98. The number of fused-ring (bicyclic) bond motifs is 1. The summed E-state index contributed by atoms with van der Waals surface area (Å²) in [5.41, 5.74) is 0.279. The number of benzene rings is 1. The molecule has 3 rings (SSSR count). The SMILES string of the molecule is O=C1c2cc(Br)ccc2S(=O)(=O)N1C1CC1. The van der Waals surface area contributed by atoms with Gasteiger partial charge in [0.25, 0.3) is 15.9 Å². The van der Waals surface area contributed by atoms with Gasteiger partial charge in [0.15, 0.2) is 0 Å². The zero-order valence-electron chi connectivity index (χ0n) is 8.18. The molecule has 16 heavy (non-hydrogen) atoms. The van der Waals surface area contributed by atoms with Gasteiger partial charge in [-0.2, -0.15) is 0 Å². The number of sulfonamides is 1. The minimum absolute atomic E-state index is 0.122. The second-order valence-electron chi connectivity index (χ2n) is 3.98. The van der Waals surface area contributed by atoms with E-state index in [1.165, 1.54) is 6.07 Å². The summed E-state index contributed by atoms with van der Waals surface area (Å²) in [5.74, 6) is -0.390. The lowest BCUT2D eigenvalue weighted by Gasteiger charge is -2.12. The van der Waals surface area contributed by atoms with Gasteiger partial charge in [-0.25, -0.2) is 12.7 Å². The fourth-order valence-corrected chi connectivity index (χ4v) is 4.06. The molecule has 4 nitrogen and oxygen atoms in total. The van der Waals surface area contributed by atoms with Crippen LogP contribution in [0.4, 0.5) is 0 Å². The van der Waals surface area contributed by atoms with Gasteiger partial charge in [0.05, 0.1) is 5.56 Å². The van der Waals surface area contributed by atoms with E-state index in [9.17, 15) is 13.2 Å². The molecule has 0 saturated heterocycles. The van der Waals surface area contributed by atoms with Gasteiger partial charge in [0.2, 0.25) is 0 Å². The summed E-state index contributed by atoms with van der Waals surface area (Å²) in [6.45, 7) is 0. The lowest BCUT2D eigenvalue weighted by molar-refractivity contribution is 0.0865. The molecule has 1 aromatic rings. The Morgan fingerprint density at radius 1 is 1.31 bits per heavy atom. The van der Waals surface area contributed by atoms with E-state index in [1.807, 2.05) is 0 Å². The first-order chi connectivity index (χ1) is 7.51. The summed E-state index contributed by atoms with van der Waals surface area (Å²) in [5, 5.41) is 0. The highest BCUT2D eigenvalue weighted by atomic mass is 79.9. The van der Waals surface area contributed by atoms with E-state index >= 15 is 0 Å². The van der Waals surface area contributed by atoms with Gasteiger partial charge in [0, 0.05) is 10.5 Å². The van der Waals surface area contributed by atoms with Crippen molar-refractivity contribution in [2.75, 3.05) is 0 Å². The van der Waals surface area contributed by atoms with Crippen LogP contribution in [-0.2, 0) is 10.0 Å². The fraction of sp³-hybridized carbons (Fsp3) is 0.300. The van der Waals surface area contributed by atoms with Crippen LogP contribution in [0, 0.1) is 0 Å². The maximum absolute atomic E-state index is 12.1. The molecule has 84 valence electrons. The summed E-state index contributed by atoms with van der Waals surface area (Å²) in [6.07, 6.45) is 1.56.